The molecule has 176 valence electrons. The van der Waals surface area contributed by atoms with Crippen molar-refractivity contribution < 1.29 is 23.7 Å². The van der Waals surface area contributed by atoms with Crippen molar-refractivity contribution in [2.24, 2.45) is 0 Å². The summed E-state index contributed by atoms with van der Waals surface area (Å²) in [4.78, 5) is 20.5. The van der Waals surface area contributed by atoms with Gasteiger partial charge in [0.15, 0.2) is 18.1 Å². The van der Waals surface area contributed by atoms with Crippen LogP contribution >= 0.6 is 0 Å². The van der Waals surface area contributed by atoms with Gasteiger partial charge in [-0.05, 0) is 49.7 Å². The van der Waals surface area contributed by atoms with Crippen LogP contribution in [-0.2, 0) is 4.79 Å². The molecule has 0 N–H and O–H groups in total. The molecule has 2 atom stereocenters. The zero-order valence-electron chi connectivity index (χ0n) is 19.3. The second-order valence-electron chi connectivity index (χ2n) is 9.12. The van der Waals surface area contributed by atoms with Crippen LogP contribution in [0.15, 0.2) is 42.5 Å². The highest BCUT2D eigenvalue weighted by atomic mass is 16.6. The normalized spacial score (nSPS) is 21.9. The number of anilines is 1. The van der Waals surface area contributed by atoms with Gasteiger partial charge in [-0.15, -0.1) is 0 Å². The van der Waals surface area contributed by atoms with E-state index in [0.717, 1.165) is 65.6 Å². The largest absolute Gasteiger partial charge is 0.489 e. The molecule has 1 amide bonds. The van der Waals surface area contributed by atoms with Crippen molar-refractivity contribution in [1.82, 2.24) is 9.88 Å². The van der Waals surface area contributed by atoms with Crippen molar-refractivity contribution in [1.29, 1.82) is 0 Å². The van der Waals surface area contributed by atoms with Crippen molar-refractivity contribution in [3.05, 3.63) is 48.2 Å². The van der Waals surface area contributed by atoms with Crippen LogP contribution in [0.25, 0.3) is 10.9 Å². The number of hydrogen-bond acceptors (Lipinski definition) is 7. The minimum atomic E-state index is -0.0633. The average molecular weight is 462 g/mol. The highest BCUT2D eigenvalue weighted by Gasteiger charge is 2.30. The van der Waals surface area contributed by atoms with E-state index in [1.807, 2.05) is 43.3 Å². The van der Waals surface area contributed by atoms with Crippen LogP contribution < -0.4 is 23.8 Å². The maximum absolute atomic E-state index is 11.9. The standard InChI is InChI=1S/C26H27N3O5/c1-16-3-5-20-21(27-16)6-8-24-26(20)34-19(14-31-24)13-29-10-9-18(12-29)33-17-4-7-23-22(11-17)28(2)25(30)15-32-23/h3-8,11,18-19H,9-10,12-15H2,1-2H3/t18-,19-/m0/s1. The lowest BCUT2D eigenvalue weighted by atomic mass is 10.1. The Kier molecular flexibility index (Phi) is 5.17. The van der Waals surface area contributed by atoms with E-state index in [9.17, 15) is 4.79 Å². The molecule has 8 nitrogen and oxygen atoms in total. The molecule has 3 aromatic rings. The average Bonchev–Trinajstić information content (AvgIpc) is 3.28. The highest BCUT2D eigenvalue weighted by Crippen LogP contribution is 2.39. The molecular weight excluding hydrogens is 434 g/mol. The van der Waals surface area contributed by atoms with Gasteiger partial charge in [0, 0.05) is 43.8 Å². The van der Waals surface area contributed by atoms with E-state index in [2.05, 4.69) is 16.0 Å². The van der Waals surface area contributed by atoms with E-state index < -0.39 is 0 Å². The van der Waals surface area contributed by atoms with Gasteiger partial charge in [0.1, 0.15) is 30.3 Å². The molecule has 6 rings (SSSR count). The third-order valence-corrected chi connectivity index (χ3v) is 6.64. The molecule has 8 heteroatoms. The Morgan fingerprint density at radius 2 is 2.00 bits per heavy atom. The number of hydrogen-bond donors (Lipinski definition) is 0. The molecule has 3 aliphatic heterocycles. The summed E-state index contributed by atoms with van der Waals surface area (Å²) in [5.74, 6) is 2.94. The third kappa shape index (κ3) is 3.88. The second kappa shape index (κ2) is 8.36. The number of benzene rings is 2. The first-order valence-corrected chi connectivity index (χ1v) is 11.7. The summed E-state index contributed by atoms with van der Waals surface area (Å²) in [7, 11) is 1.76. The molecule has 1 fully saturated rings. The van der Waals surface area contributed by atoms with E-state index in [4.69, 9.17) is 18.9 Å². The van der Waals surface area contributed by atoms with Crippen molar-refractivity contribution in [2.75, 3.05) is 44.8 Å². The number of likely N-dealkylation sites (tertiary alicyclic amines) is 1. The molecule has 0 bridgehead atoms. The summed E-state index contributed by atoms with van der Waals surface area (Å²) in [5.41, 5.74) is 2.64. The van der Waals surface area contributed by atoms with Crippen LogP contribution in [0.5, 0.6) is 23.0 Å². The minimum absolute atomic E-state index is 0.0568. The zero-order chi connectivity index (χ0) is 23.2. The lowest BCUT2D eigenvalue weighted by Gasteiger charge is -2.30. The first kappa shape index (κ1) is 21.0. The lowest BCUT2D eigenvalue weighted by Crippen LogP contribution is -2.40. The third-order valence-electron chi connectivity index (χ3n) is 6.64. The fraction of sp³-hybridized carbons (Fsp3) is 0.385. The van der Waals surface area contributed by atoms with Crippen LogP contribution in [0.4, 0.5) is 5.69 Å². The van der Waals surface area contributed by atoms with Gasteiger partial charge in [0.2, 0.25) is 0 Å². The van der Waals surface area contributed by atoms with Gasteiger partial charge in [-0.3, -0.25) is 14.7 Å². The van der Waals surface area contributed by atoms with Crippen molar-refractivity contribution in [3.8, 4) is 23.0 Å². The van der Waals surface area contributed by atoms with Crippen LogP contribution in [0.1, 0.15) is 12.1 Å². The molecule has 1 saturated heterocycles. The van der Waals surface area contributed by atoms with Crippen LogP contribution in [0, 0.1) is 6.92 Å². The van der Waals surface area contributed by atoms with Gasteiger partial charge in [-0.1, -0.05) is 0 Å². The molecule has 0 radical (unpaired) electrons. The number of nitrogens with zero attached hydrogens (tertiary/aromatic N) is 3. The van der Waals surface area contributed by atoms with Crippen molar-refractivity contribution in [2.45, 2.75) is 25.6 Å². The zero-order valence-corrected chi connectivity index (χ0v) is 19.3. The summed E-state index contributed by atoms with van der Waals surface area (Å²) in [6.07, 6.45) is 0.950. The van der Waals surface area contributed by atoms with E-state index in [1.54, 1.807) is 11.9 Å². The van der Waals surface area contributed by atoms with Gasteiger partial charge in [0.25, 0.3) is 5.91 Å². The van der Waals surface area contributed by atoms with Gasteiger partial charge in [-0.2, -0.15) is 0 Å². The topological polar surface area (TPSA) is 73.4 Å². The summed E-state index contributed by atoms with van der Waals surface area (Å²) >= 11 is 0. The maximum atomic E-state index is 11.9. The van der Waals surface area contributed by atoms with E-state index in [1.165, 1.54) is 0 Å². The summed E-state index contributed by atoms with van der Waals surface area (Å²) < 4.78 is 24.2. The summed E-state index contributed by atoms with van der Waals surface area (Å²) in [6, 6.07) is 13.6. The summed E-state index contributed by atoms with van der Waals surface area (Å²) in [6.45, 7) is 5.09. The van der Waals surface area contributed by atoms with Crippen LogP contribution in [0.3, 0.4) is 0 Å². The van der Waals surface area contributed by atoms with Gasteiger partial charge < -0.3 is 23.8 Å². The molecular formula is C26H27N3O5. The number of aryl methyl sites for hydroxylation is 1. The summed E-state index contributed by atoms with van der Waals surface area (Å²) in [5, 5.41) is 0.982. The Hall–Kier alpha value is -3.52. The lowest BCUT2D eigenvalue weighted by molar-refractivity contribution is -0.120. The van der Waals surface area contributed by atoms with Crippen LogP contribution in [-0.4, -0.2) is 67.9 Å². The molecule has 34 heavy (non-hydrogen) atoms. The first-order valence-electron chi connectivity index (χ1n) is 11.7. The van der Waals surface area contributed by atoms with Gasteiger partial charge in [-0.25, -0.2) is 0 Å². The second-order valence-corrected chi connectivity index (χ2v) is 9.12. The SMILES string of the molecule is Cc1ccc2c3c(ccc2n1)OC[C@H](CN1CC[C@H](Oc2ccc4c(c2)N(C)C(=O)CO4)C1)O3. The molecule has 4 heterocycles. The number of aromatic nitrogens is 1. The van der Waals surface area contributed by atoms with Gasteiger partial charge >= 0.3 is 0 Å². The molecule has 3 aliphatic rings. The number of amides is 1. The predicted molar refractivity (Wildman–Crippen MR) is 127 cm³/mol. The van der Waals surface area contributed by atoms with E-state index in [-0.39, 0.29) is 24.7 Å². The van der Waals surface area contributed by atoms with Gasteiger partial charge in [0.05, 0.1) is 11.2 Å². The Labute approximate surface area is 198 Å². The quantitative estimate of drug-likeness (QED) is 0.591. The van der Waals surface area contributed by atoms with Crippen LogP contribution in [0.2, 0.25) is 0 Å². The monoisotopic (exact) mass is 461 g/mol. The highest BCUT2D eigenvalue weighted by molar-refractivity contribution is 5.97. The molecule has 0 aliphatic carbocycles. The number of rotatable bonds is 4. The Balaban J connectivity index is 1.10. The number of carbonyl (C=O) groups is 1. The number of pyridine rings is 1. The predicted octanol–water partition coefficient (Wildman–Crippen LogP) is 3.19. The number of carbonyl (C=O) groups excluding carboxylic acids is 1. The minimum Gasteiger partial charge on any atom is -0.489 e. The number of likely N-dealkylation sites (N-methyl/N-ethyl adjacent to an activating group) is 1. The van der Waals surface area contributed by atoms with E-state index in [0.29, 0.717) is 12.4 Å². The molecule has 2 aromatic carbocycles. The fourth-order valence-corrected chi connectivity index (χ4v) is 4.83. The van der Waals surface area contributed by atoms with Crippen molar-refractivity contribution >= 4 is 22.5 Å². The first-order chi connectivity index (χ1) is 16.5. The fourth-order valence-electron chi connectivity index (χ4n) is 4.83. The molecule has 0 saturated carbocycles. The Morgan fingerprint density at radius 3 is 2.91 bits per heavy atom. The number of ether oxygens (including phenoxy) is 4. The van der Waals surface area contributed by atoms with Crippen molar-refractivity contribution in [3.63, 3.8) is 0 Å². The smallest absolute Gasteiger partial charge is 0.264 e. The Morgan fingerprint density at radius 1 is 1.12 bits per heavy atom. The van der Waals surface area contributed by atoms with E-state index >= 15 is 0 Å². The maximum Gasteiger partial charge on any atom is 0.264 e. The Bertz CT molecular complexity index is 1260. The molecule has 0 spiro atoms. The molecule has 1 aromatic heterocycles. The molecule has 0 unspecified atom stereocenters. The number of fused-ring (bicyclic) bond motifs is 4.